The zero-order valence-electron chi connectivity index (χ0n) is 18.2. The number of nitrogens with zero attached hydrogens (tertiary/aromatic N) is 1. The van der Waals surface area contributed by atoms with Gasteiger partial charge in [0.05, 0.1) is 23.8 Å². The summed E-state index contributed by atoms with van der Waals surface area (Å²) in [6.45, 7) is 6.06. The molecule has 2 rings (SSSR count). The van der Waals surface area contributed by atoms with Gasteiger partial charge in [-0.05, 0) is 73.4 Å². The number of phenols is 1. The fourth-order valence-electron chi connectivity index (χ4n) is 2.99. The van der Waals surface area contributed by atoms with Crippen molar-refractivity contribution in [2.75, 3.05) is 6.61 Å². The van der Waals surface area contributed by atoms with Crippen LogP contribution in [0.2, 0.25) is 0 Å². The minimum Gasteiger partial charge on any atom is -0.508 e. The molecule has 0 spiro atoms. The zero-order chi connectivity index (χ0) is 24.3. The Balaban J connectivity index is 2.24. The van der Waals surface area contributed by atoms with E-state index in [4.69, 9.17) is 4.74 Å². The van der Waals surface area contributed by atoms with E-state index in [0.717, 1.165) is 23.8 Å². The van der Waals surface area contributed by atoms with Crippen LogP contribution >= 0.6 is 0 Å². The first-order valence-electron chi connectivity index (χ1n) is 10.4. The Labute approximate surface area is 192 Å². The highest BCUT2D eigenvalue weighted by molar-refractivity contribution is 5.53. The summed E-state index contributed by atoms with van der Waals surface area (Å²) in [7, 11) is 0. The Morgan fingerprint density at radius 3 is 2.55 bits per heavy atom. The summed E-state index contributed by atoms with van der Waals surface area (Å²) in [6.07, 6.45) is 4.54. The molecule has 3 nitrogen and oxygen atoms in total. The second-order valence-corrected chi connectivity index (χ2v) is 7.02. The van der Waals surface area contributed by atoms with Crippen LogP contribution in [-0.2, 0) is 17.3 Å². The van der Waals surface area contributed by atoms with Gasteiger partial charge in [-0.3, -0.25) is 0 Å². The predicted octanol–water partition coefficient (Wildman–Crippen LogP) is 6.67. The van der Waals surface area contributed by atoms with Gasteiger partial charge in [-0.2, -0.15) is 18.4 Å². The molecule has 0 fully saturated rings. The molecule has 6 heteroatoms. The van der Waals surface area contributed by atoms with Crippen LogP contribution in [0.5, 0.6) is 5.75 Å². The van der Waals surface area contributed by atoms with E-state index in [1.165, 1.54) is 6.07 Å². The second kappa shape index (κ2) is 12.2. The first kappa shape index (κ1) is 25.4. The first-order valence-corrected chi connectivity index (χ1v) is 10.4. The topological polar surface area (TPSA) is 53.2 Å². The van der Waals surface area contributed by atoms with Crippen LogP contribution in [0.1, 0.15) is 47.6 Å². The van der Waals surface area contributed by atoms with Gasteiger partial charge in [-0.1, -0.05) is 37.5 Å². The van der Waals surface area contributed by atoms with Gasteiger partial charge in [0.15, 0.2) is 0 Å². The van der Waals surface area contributed by atoms with Crippen molar-refractivity contribution in [3.63, 3.8) is 0 Å². The van der Waals surface area contributed by atoms with E-state index in [2.05, 4.69) is 24.5 Å². The molecule has 0 amide bonds. The van der Waals surface area contributed by atoms with Crippen molar-refractivity contribution in [2.45, 2.75) is 32.4 Å². The lowest BCUT2D eigenvalue weighted by Crippen LogP contribution is -2.07. The van der Waals surface area contributed by atoms with Gasteiger partial charge < -0.3 is 9.84 Å². The van der Waals surface area contributed by atoms with Gasteiger partial charge in [-0.25, -0.2) is 0 Å². The molecule has 0 saturated carbocycles. The lowest BCUT2D eigenvalue weighted by Gasteiger charge is -2.10. The highest BCUT2D eigenvalue weighted by Crippen LogP contribution is 2.33. The Kier molecular flexibility index (Phi) is 9.39. The number of hydrogen-bond acceptors (Lipinski definition) is 3. The number of halogens is 3. The molecular weight excluding hydrogens is 427 g/mol. The summed E-state index contributed by atoms with van der Waals surface area (Å²) in [6, 6.07) is 9.92. The zero-order valence-corrected chi connectivity index (χ0v) is 18.2. The number of hydrogen-bond donors (Lipinski definition) is 1. The van der Waals surface area contributed by atoms with Crippen LogP contribution in [-0.4, -0.2) is 11.7 Å². The van der Waals surface area contributed by atoms with E-state index < -0.39 is 17.5 Å². The molecule has 2 aromatic carbocycles. The largest absolute Gasteiger partial charge is 0.508 e. The maximum Gasteiger partial charge on any atom is 0.417 e. The molecule has 0 aliphatic heterocycles. The number of ether oxygens (including phenoxy) is 1. The molecule has 0 heterocycles. The highest BCUT2D eigenvalue weighted by atomic mass is 19.4. The fourth-order valence-corrected chi connectivity index (χ4v) is 2.99. The third-order valence-electron chi connectivity index (χ3n) is 4.54. The van der Waals surface area contributed by atoms with E-state index in [0.29, 0.717) is 36.6 Å². The van der Waals surface area contributed by atoms with E-state index in [-0.39, 0.29) is 5.56 Å². The molecule has 0 bridgehead atoms. The Morgan fingerprint density at radius 1 is 1.15 bits per heavy atom. The monoisotopic (exact) mass is 451 g/mol. The summed E-state index contributed by atoms with van der Waals surface area (Å²) in [5, 5.41) is 18.6. The van der Waals surface area contributed by atoms with Gasteiger partial charge in [0.25, 0.3) is 0 Å². The molecule has 0 radical (unpaired) electrons. The SMILES string of the molecule is C=C/C=C\C(=C/CC)OCCCc1cc(C#N)ccc1C#Cc1ccc(O)cc1C(F)(F)F. The standard InChI is InChI=1S/C27H24F3NO2/c1-3-5-9-25(7-4-2)33-16-6-8-23-17-20(19-31)10-11-21(23)12-13-22-14-15-24(32)18-26(22)27(28,29)30/h3,5,7,9-11,14-15,17-18,32H,1,4,6,8,16H2,2H3/b9-5-,25-7+. The third kappa shape index (κ3) is 7.94. The number of aromatic hydroxyl groups is 1. The van der Waals surface area contributed by atoms with Crippen LogP contribution in [0.15, 0.2) is 73.0 Å². The lowest BCUT2D eigenvalue weighted by atomic mass is 9.99. The Hall–Kier alpha value is -3.90. The van der Waals surface area contributed by atoms with Crippen molar-refractivity contribution in [3.05, 3.63) is 101 Å². The summed E-state index contributed by atoms with van der Waals surface area (Å²) in [5.41, 5.74) is 0.493. The quantitative estimate of drug-likeness (QED) is 0.211. The molecule has 0 aromatic heterocycles. The summed E-state index contributed by atoms with van der Waals surface area (Å²) >= 11 is 0. The first-order chi connectivity index (χ1) is 15.8. The maximum atomic E-state index is 13.3. The van der Waals surface area contributed by atoms with Crippen LogP contribution in [0.25, 0.3) is 0 Å². The van der Waals surface area contributed by atoms with Gasteiger partial charge in [0.2, 0.25) is 0 Å². The lowest BCUT2D eigenvalue weighted by molar-refractivity contribution is -0.137. The summed E-state index contributed by atoms with van der Waals surface area (Å²) < 4.78 is 45.6. The summed E-state index contributed by atoms with van der Waals surface area (Å²) in [4.78, 5) is 0. The number of phenolic OH excluding ortho intramolecular Hbond substituents is 1. The van der Waals surface area contributed by atoms with E-state index in [1.807, 2.05) is 19.1 Å². The minimum absolute atomic E-state index is 0.234. The van der Waals surface area contributed by atoms with Gasteiger partial charge in [0.1, 0.15) is 11.5 Å². The van der Waals surface area contributed by atoms with Crippen LogP contribution < -0.4 is 0 Å². The maximum absolute atomic E-state index is 13.3. The smallest absolute Gasteiger partial charge is 0.417 e. The molecular formula is C27H24F3NO2. The van der Waals surface area contributed by atoms with Crippen molar-refractivity contribution in [1.29, 1.82) is 5.26 Å². The average molecular weight is 451 g/mol. The molecule has 0 atom stereocenters. The number of alkyl halides is 3. The number of nitriles is 1. The Morgan fingerprint density at radius 2 is 1.88 bits per heavy atom. The van der Waals surface area contributed by atoms with Crippen LogP contribution in [0, 0.1) is 23.2 Å². The molecule has 170 valence electrons. The molecule has 0 saturated heterocycles. The van der Waals surface area contributed by atoms with E-state index in [1.54, 1.807) is 30.4 Å². The molecule has 1 N–H and O–H groups in total. The van der Waals surface area contributed by atoms with Crippen LogP contribution in [0.3, 0.4) is 0 Å². The van der Waals surface area contributed by atoms with Crippen molar-refractivity contribution in [2.24, 2.45) is 0 Å². The second-order valence-electron chi connectivity index (χ2n) is 7.02. The molecule has 2 aromatic rings. The molecule has 0 unspecified atom stereocenters. The van der Waals surface area contributed by atoms with Gasteiger partial charge in [0, 0.05) is 11.1 Å². The predicted molar refractivity (Wildman–Crippen MR) is 122 cm³/mol. The highest BCUT2D eigenvalue weighted by Gasteiger charge is 2.33. The van der Waals surface area contributed by atoms with Crippen LogP contribution in [0.4, 0.5) is 13.2 Å². The molecule has 33 heavy (non-hydrogen) atoms. The van der Waals surface area contributed by atoms with Crippen molar-refractivity contribution in [1.82, 2.24) is 0 Å². The Bertz CT molecular complexity index is 1140. The van der Waals surface area contributed by atoms with Gasteiger partial charge >= 0.3 is 6.18 Å². The normalized spacial score (nSPS) is 11.5. The van der Waals surface area contributed by atoms with E-state index >= 15 is 0 Å². The van der Waals surface area contributed by atoms with E-state index in [9.17, 15) is 23.5 Å². The van der Waals surface area contributed by atoms with Crippen molar-refractivity contribution >= 4 is 0 Å². The number of aryl methyl sites for hydroxylation is 1. The molecule has 0 aliphatic carbocycles. The number of rotatable bonds is 8. The van der Waals surface area contributed by atoms with Crippen molar-refractivity contribution in [3.8, 4) is 23.7 Å². The summed E-state index contributed by atoms with van der Waals surface area (Å²) in [5.74, 6) is 5.61. The number of allylic oxidation sites excluding steroid dienone is 4. The van der Waals surface area contributed by atoms with Gasteiger partial charge in [-0.15, -0.1) is 0 Å². The molecule has 0 aliphatic rings. The minimum atomic E-state index is -4.64. The fraction of sp³-hybridized carbons (Fsp3) is 0.222. The third-order valence-corrected chi connectivity index (χ3v) is 4.54. The number of benzene rings is 2. The van der Waals surface area contributed by atoms with Crippen molar-refractivity contribution < 1.29 is 23.0 Å². The average Bonchev–Trinajstić information content (AvgIpc) is 2.79.